The van der Waals surface area contributed by atoms with Gasteiger partial charge in [0.1, 0.15) is 0 Å². The summed E-state index contributed by atoms with van der Waals surface area (Å²) in [6.45, 7) is 5.75. The third-order valence-corrected chi connectivity index (χ3v) is 2.98. The van der Waals surface area contributed by atoms with Crippen molar-refractivity contribution in [2.24, 2.45) is 0 Å². The van der Waals surface area contributed by atoms with Crippen LogP contribution in [0, 0.1) is 0 Å². The quantitative estimate of drug-likeness (QED) is 0.715. The van der Waals surface area contributed by atoms with Crippen LogP contribution in [0.3, 0.4) is 0 Å². The van der Waals surface area contributed by atoms with Gasteiger partial charge < -0.3 is 10.6 Å². The Bertz CT molecular complexity index is 348. The van der Waals surface area contributed by atoms with E-state index in [2.05, 4.69) is 29.0 Å². The highest BCUT2D eigenvalue weighted by molar-refractivity contribution is 7.99. The van der Waals surface area contributed by atoms with Crippen LogP contribution >= 0.6 is 11.8 Å². The molecule has 0 saturated carbocycles. The molecular weight excluding hydrogens is 238 g/mol. The molecule has 7 heteroatoms. The summed E-state index contributed by atoms with van der Waals surface area (Å²) in [4.78, 5) is 17.7. The fourth-order valence-corrected chi connectivity index (χ4v) is 2.15. The molecule has 3 N–H and O–H groups in total. The number of anilines is 1. The zero-order valence-corrected chi connectivity index (χ0v) is 11.1. The first-order valence-corrected chi connectivity index (χ1v) is 6.74. The number of carbonyl (C=O) groups is 1. The van der Waals surface area contributed by atoms with Crippen molar-refractivity contribution < 1.29 is 4.79 Å². The van der Waals surface area contributed by atoms with Crippen LogP contribution in [-0.4, -0.2) is 44.8 Å². The average molecular weight is 257 g/mol. The van der Waals surface area contributed by atoms with Crippen molar-refractivity contribution in [2.75, 3.05) is 24.6 Å². The van der Waals surface area contributed by atoms with Crippen molar-refractivity contribution in [3.05, 3.63) is 0 Å². The summed E-state index contributed by atoms with van der Waals surface area (Å²) < 4.78 is 0. The minimum absolute atomic E-state index is 0.127. The largest absolute Gasteiger partial charge is 0.368 e. The van der Waals surface area contributed by atoms with Crippen molar-refractivity contribution in [3.63, 3.8) is 0 Å². The molecule has 1 heterocycles. The molecule has 0 atom stereocenters. The Morgan fingerprint density at radius 3 is 2.53 bits per heavy atom. The van der Waals surface area contributed by atoms with E-state index in [1.165, 1.54) is 11.8 Å². The van der Waals surface area contributed by atoms with Gasteiger partial charge in [-0.2, -0.15) is 4.98 Å². The second-order valence-corrected chi connectivity index (χ2v) is 4.62. The number of H-pyrrole nitrogens is 1. The topological polar surface area (TPSA) is 87.9 Å². The number of rotatable bonds is 7. The molecule has 0 unspecified atom stereocenters. The number of nitrogens with one attached hydrogen (secondary N) is 1. The maximum Gasteiger partial charge on any atom is 0.233 e. The van der Waals surface area contributed by atoms with Gasteiger partial charge in [-0.15, -0.1) is 5.10 Å². The number of hydrogen-bond donors (Lipinski definition) is 2. The van der Waals surface area contributed by atoms with E-state index in [9.17, 15) is 4.79 Å². The van der Waals surface area contributed by atoms with E-state index in [1.54, 1.807) is 0 Å². The van der Waals surface area contributed by atoms with Crippen LogP contribution < -0.4 is 5.73 Å². The van der Waals surface area contributed by atoms with Gasteiger partial charge in [0.25, 0.3) is 0 Å². The van der Waals surface area contributed by atoms with Crippen LogP contribution in [0.4, 0.5) is 5.95 Å². The minimum Gasteiger partial charge on any atom is -0.368 e. The lowest BCUT2D eigenvalue weighted by molar-refractivity contribution is -0.128. The summed E-state index contributed by atoms with van der Waals surface area (Å²) in [5.41, 5.74) is 5.40. The molecule has 6 nitrogen and oxygen atoms in total. The number of carbonyl (C=O) groups excluding carboxylic acids is 1. The Balaban J connectivity index is 2.41. The fourth-order valence-electron chi connectivity index (χ4n) is 1.44. The standard InChI is InChI=1S/C10H19N5OS/c1-3-5-15(6-4-2)8(16)7-17-10-12-9(11)13-14-10/h3-7H2,1-2H3,(H3,11,12,13,14). The van der Waals surface area contributed by atoms with Crippen LogP contribution in [0.25, 0.3) is 0 Å². The van der Waals surface area contributed by atoms with Gasteiger partial charge >= 0.3 is 0 Å². The predicted octanol–water partition coefficient (Wildman–Crippen LogP) is 1.13. The number of aromatic amines is 1. The van der Waals surface area contributed by atoms with Gasteiger partial charge in [-0.25, -0.2) is 5.10 Å². The molecular formula is C10H19N5OS. The van der Waals surface area contributed by atoms with Crippen molar-refractivity contribution in [3.8, 4) is 0 Å². The van der Waals surface area contributed by atoms with Gasteiger partial charge in [-0.05, 0) is 12.8 Å². The van der Waals surface area contributed by atoms with Crippen LogP contribution in [0.5, 0.6) is 0 Å². The van der Waals surface area contributed by atoms with Crippen molar-refractivity contribution in [1.82, 2.24) is 20.1 Å². The Morgan fingerprint density at radius 2 is 2.06 bits per heavy atom. The third-order valence-electron chi connectivity index (χ3n) is 2.15. The third kappa shape index (κ3) is 4.64. The summed E-state index contributed by atoms with van der Waals surface area (Å²) in [6, 6.07) is 0. The number of hydrogen-bond acceptors (Lipinski definition) is 5. The van der Waals surface area contributed by atoms with Gasteiger partial charge in [0.05, 0.1) is 5.75 Å². The van der Waals surface area contributed by atoms with Gasteiger partial charge in [-0.3, -0.25) is 4.79 Å². The Labute approximate surface area is 105 Å². The number of nitrogens with zero attached hydrogens (tertiary/aromatic N) is 3. The van der Waals surface area contributed by atoms with Gasteiger partial charge in [-0.1, -0.05) is 25.6 Å². The summed E-state index contributed by atoms with van der Waals surface area (Å²) >= 11 is 1.30. The number of nitrogen functional groups attached to an aromatic ring is 1. The highest BCUT2D eigenvalue weighted by atomic mass is 32.2. The lowest BCUT2D eigenvalue weighted by Gasteiger charge is -2.20. The van der Waals surface area contributed by atoms with Gasteiger partial charge in [0.2, 0.25) is 17.0 Å². The minimum atomic E-state index is 0.127. The van der Waals surface area contributed by atoms with Crippen LogP contribution in [0.2, 0.25) is 0 Å². The normalized spacial score (nSPS) is 10.5. The van der Waals surface area contributed by atoms with Gasteiger partial charge in [0, 0.05) is 13.1 Å². The van der Waals surface area contributed by atoms with Crippen molar-refractivity contribution in [2.45, 2.75) is 31.8 Å². The molecule has 0 aliphatic carbocycles. The van der Waals surface area contributed by atoms with Gasteiger partial charge in [0.15, 0.2) is 0 Å². The van der Waals surface area contributed by atoms with E-state index < -0.39 is 0 Å². The summed E-state index contributed by atoms with van der Waals surface area (Å²) in [5.74, 6) is 0.762. The van der Waals surface area contributed by atoms with Crippen molar-refractivity contribution in [1.29, 1.82) is 0 Å². The Kier molecular flexibility index (Phi) is 5.82. The van der Waals surface area contributed by atoms with E-state index >= 15 is 0 Å². The molecule has 1 aromatic heterocycles. The summed E-state index contributed by atoms with van der Waals surface area (Å²) in [7, 11) is 0. The highest BCUT2D eigenvalue weighted by Gasteiger charge is 2.13. The molecule has 0 saturated heterocycles. The molecule has 17 heavy (non-hydrogen) atoms. The number of thioether (sulfide) groups is 1. The Morgan fingerprint density at radius 1 is 1.41 bits per heavy atom. The lowest BCUT2D eigenvalue weighted by Crippen LogP contribution is -2.33. The molecule has 0 fully saturated rings. The maximum atomic E-state index is 11.9. The number of nitrogens with two attached hydrogens (primary N) is 1. The number of aromatic nitrogens is 3. The molecule has 0 aliphatic rings. The monoisotopic (exact) mass is 257 g/mol. The molecule has 1 rings (SSSR count). The maximum absolute atomic E-state index is 11.9. The van der Waals surface area contributed by atoms with Crippen LogP contribution in [0.15, 0.2) is 5.16 Å². The molecule has 0 spiro atoms. The van der Waals surface area contributed by atoms with E-state index in [-0.39, 0.29) is 11.9 Å². The lowest BCUT2D eigenvalue weighted by atomic mass is 10.3. The molecule has 0 aromatic carbocycles. The summed E-state index contributed by atoms with van der Waals surface area (Å²) in [5, 5.41) is 6.93. The SMILES string of the molecule is CCCN(CCC)C(=O)CSc1n[nH]c(N)n1. The van der Waals surface area contributed by atoms with Crippen molar-refractivity contribution >= 4 is 23.6 Å². The molecule has 1 aromatic rings. The molecule has 0 radical (unpaired) electrons. The molecule has 96 valence electrons. The van der Waals surface area contributed by atoms with E-state index in [0.717, 1.165) is 25.9 Å². The number of amides is 1. The second-order valence-electron chi connectivity index (χ2n) is 3.67. The predicted molar refractivity (Wildman–Crippen MR) is 68.7 cm³/mol. The first-order chi connectivity index (χ1) is 8.17. The Hall–Kier alpha value is -1.24. The zero-order valence-electron chi connectivity index (χ0n) is 10.3. The first-order valence-electron chi connectivity index (χ1n) is 5.75. The zero-order chi connectivity index (χ0) is 12.7. The highest BCUT2D eigenvalue weighted by Crippen LogP contribution is 2.13. The second kappa shape index (κ2) is 7.16. The summed E-state index contributed by atoms with van der Waals surface area (Å²) in [6.07, 6.45) is 1.95. The molecule has 0 aliphatic heterocycles. The van der Waals surface area contributed by atoms with Crippen LogP contribution in [0.1, 0.15) is 26.7 Å². The van der Waals surface area contributed by atoms with E-state index in [1.807, 2.05) is 4.90 Å². The van der Waals surface area contributed by atoms with E-state index in [0.29, 0.717) is 10.9 Å². The smallest absolute Gasteiger partial charge is 0.233 e. The first kappa shape index (κ1) is 13.8. The average Bonchev–Trinajstić information content (AvgIpc) is 2.72. The van der Waals surface area contributed by atoms with E-state index in [4.69, 9.17) is 5.73 Å². The fraction of sp³-hybridized carbons (Fsp3) is 0.700. The molecule has 1 amide bonds. The van der Waals surface area contributed by atoms with Crippen LogP contribution in [-0.2, 0) is 4.79 Å². The molecule has 0 bridgehead atoms.